The van der Waals surface area contributed by atoms with E-state index in [-0.39, 0.29) is 12.3 Å². The maximum absolute atomic E-state index is 11.1. The summed E-state index contributed by atoms with van der Waals surface area (Å²) in [7, 11) is -2.37. The minimum atomic E-state index is -3.51. The number of aryl methyl sites for hydroxylation is 1. The Balaban J connectivity index is 0.00000144. The van der Waals surface area contributed by atoms with Crippen molar-refractivity contribution < 1.29 is 12.6 Å². The van der Waals surface area contributed by atoms with Gasteiger partial charge in [0.2, 0.25) is 0 Å². The number of rotatable bonds is 2. The molecule has 13 heavy (non-hydrogen) atoms. The summed E-state index contributed by atoms with van der Waals surface area (Å²) in [5, 5.41) is 0. The lowest BCUT2D eigenvalue weighted by Crippen LogP contribution is -2.02. The Hall–Kier alpha value is -0.870. The highest BCUT2D eigenvalue weighted by Gasteiger charge is 2.10. The number of hydrogen-bond donors (Lipinski definition) is 0. The maximum Gasteiger partial charge on any atom is 0.296 e. The van der Waals surface area contributed by atoms with Crippen molar-refractivity contribution in [1.29, 1.82) is 0 Å². The molecule has 0 N–H and O–H groups in total. The second-order valence-electron chi connectivity index (χ2n) is 2.43. The summed E-state index contributed by atoms with van der Waals surface area (Å²) < 4.78 is 26.5. The van der Waals surface area contributed by atoms with Crippen molar-refractivity contribution in [3.05, 3.63) is 29.8 Å². The molecule has 0 atom stereocenters. The summed E-state index contributed by atoms with van der Waals surface area (Å²) in [4.78, 5) is 0.190. The maximum atomic E-state index is 11.1. The van der Waals surface area contributed by atoms with Crippen LogP contribution < -0.4 is 0 Å². The van der Waals surface area contributed by atoms with Gasteiger partial charge in [-0.3, -0.25) is 4.18 Å². The van der Waals surface area contributed by atoms with Gasteiger partial charge in [0.1, 0.15) is 0 Å². The molecule has 1 rings (SSSR count). The third-order valence-corrected chi connectivity index (χ3v) is 2.82. The van der Waals surface area contributed by atoms with Crippen LogP contribution in [0.15, 0.2) is 29.2 Å². The average molecular weight is 202 g/mol. The van der Waals surface area contributed by atoms with Crippen LogP contribution in [0, 0.1) is 6.92 Å². The van der Waals surface area contributed by atoms with Gasteiger partial charge in [0.05, 0.1) is 12.0 Å². The minimum Gasteiger partial charge on any atom is -0.270 e. The SMILES string of the molecule is C.COS(=O)(=O)c1ccc(C)cc1. The van der Waals surface area contributed by atoms with E-state index in [1.54, 1.807) is 12.1 Å². The van der Waals surface area contributed by atoms with Gasteiger partial charge in [-0.25, -0.2) is 0 Å². The topological polar surface area (TPSA) is 43.4 Å². The van der Waals surface area contributed by atoms with Crippen LogP contribution in [0.1, 0.15) is 13.0 Å². The molecule has 0 amide bonds. The first-order chi connectivity index (χ1) is 5.56. The largest absolute Gasteiger partial charge is 0.296 e. The molecular formula is C9H14O3S. The Labute approximate surface area is 79.5 Å². The van der Waals surface area contributed by atoms with Crippen LogP contribution in [0.4, 0.5) is 0 Å². The fourth-order valence-corrected chi connectivity index (χ4v) is 1.46. The van der Waals surface area contributed by atoms with Crippen molar-refractivity contribution in [3.8, 4) is 0 Å². The van der Waals surface area contributed by atoms with E-state index in [4.69, 9.17) is 0 Å². The smallest absolute Gasteiger partial charge is 0.270 e. The van der Waals surface area contributed by atoms with E-state index in [1.807, 2.05) is 6.92 Å². The lowest BCUT2D eigenvalue weighted by atomic mass is 10.2. The number of benzene rings is 1. The molecule has 0 radical (unpaired) electrons. The van der Waals surface area contributed by atoms with Crippen molar-refractivity contribution in [2.24, 2.45) is 0 Å². The molecule has 0 aliphatic carbocycles. The van der Waals surface area contributed by atoms with Crippen molar-refractivity contribution >= 4 is 10.1 Å². The molecular weight excluding hydrogens is 188 g/mol. The first kappa shape index (κ1) is 12.1. The van der Waals surface area contributed by atoms with E-state index in [0.717, 1.165) is 12.7 Å². The Kier molecular flexibility index (Phi) is 4.10. The predicted molar refractivity (Wildman–Crippen MR) is 52.1 cm³/mol. The van der Waals surface area contributed by atoms with Gasteiger partial charge in [0.25, 0.3) is 10.1 Å². The molecule has 74 valence electrons. The quantitative estimate of drug-likeness (QED) is 0.688. The molecule has 0 saturated heterocycles. The Bertz CT molecular complexity index is 351. The molecule has 0 spiro atoms. The zero-order chi connectivity index (χ0) is 9.19. The highest BCUT2D eigenvalue weighted by Crippen LogP contribution is 2.11. The molecule has 0 heterocycles. The zero-order valence-electron chi connectivity index (χ0n) is 6.94. The van der Waals surface area contributed by atoms with Crippen LogP contribution in [0.25, 0.3) is 0 Å². The lowest BCUT2D eigenvalue weighted by molar-refractivity contribution is 0.398. The number of hydrogen-bond acceptors (Lipinski definition) is 3. The Morgan fingerprint density at radius 1 is 1.15 bits per heavy atom. The van der Waals surface area contributed by atoms with Crippen molar-refractivity contribution in [2.45, 2.75) is 19.2 Å². The summed E-state index contributed by atoms with van der Waals surface area (Å²) in [5.41, 5.74) is 1.02. The monoisotopic (exact) mass is 202 g/mol. The molecule has 0 saturated carbocycles. The van der Waals surface area contributed by atoms with Crippen molar-refractivity contribution in [3.63, 3.8) is 0 Å². The normalized spacial score (nSPS) is 10.6. The predicted octanol–water partition coefficient (Wildman–Crippen LogP) is 1.97. The first-order valence-electron chi connectivity index (χ1n) is 3.43. The summed E-state index contributed by atoms with van der Waals surface area (Å²) in [5.74, 6) is 0. The molecule has 1 aromatic rings. The van der Waals surface area contributed by atoms with E-state index >= 15 is 0 Å². The fraction of sp³-hybridized carbons (Fsp3) is 0.333. The van der Waals surface area contributed by atoms with Crippen molar-refractivity contribution in [2.75, 3.05) is 7.11 Å². The second-order valence-corrected chi connectivity index (χ2v) is 4.15. The molecule has 4 heteroatoms. The third kappa shape index (κ3) is 2.82. The molecule has 0 bridgehead atoms. The van der Waals surface area contributed by atoms with E-state index < -0.39 is 10.1 Å². The highest BCUT2D eigenvalue weighted by atomic mass is 32.2. The van der Waals surface area contributed by atoms with Crippen LogP contribution >= 0.6 is 0 Å². The standard InChI is InChI=1S/C8H10O3S.CH4/c1-7-3-5-8(6-4-7)12(9,10)11-2;/h3-6H,1-2H3;1H4. The summed E-state index contributed by atoms with van der Waals surface area (Å²) >= 11 is 0. The lowest BCUT2D eigenvalue weighted by Gasteiger charge is -2.00. The zero-order valence-corrected chi connectivity index (χ0v) is 7.76. The van der Waals surface area contributed by atoms with Gasteiger partial charge in [-0.1, -0.05) is 25.1 Å². The molecule has 0 aliphatic rings. The molecule has 0 aromatic heterocycles. The average Bonchev–Trinajstić information content (AvgIpc) is 2.05. The highest BCUT2D eigenvalue weighted by molar-refractivity contribution is 7.86. The van der Waals surface area contributed by atoms with E-state index in [0.29, 0.717) is 0 Å². The van der Waals surface area contributed by atoms with Crippen LogP contribution in [0.5, 0.6) is 0 Å². The summed E-state index contributed by atoms with van der Waals surface area (Å²) in [6.07, 6.45) is 0. The van der Waals surface area contributed by atoms with Crippen LogP contribution in [-0.2, 0) is 14.3 Å². The molecule has 1 aromatic carbocycles. The van der Waals surface area contributed by atoms with E-state index in [1.165, 1.54) is 12.1 Å². The Morgan fingerprint density at radius 2 is 1.62 bits per heavy atom. The van der Waals surface area contributed by atoms with E-state index in [9.17, 15) is 8.42 Å². The molecule has 0 aliphatic heterocycles. The van der Waals surface area contributed by atoms with E-state index in [2.05, 4.69) is 4.18 Å². The first-order valence-corrected chi connectivity index (χ1v) is 4.84. The minimum absolute atomic E-state index is 0. The molecule has 3 nitrogen and oxygen atoms in total. The van der Waals surface area contributed by atoms with Gasteiger partial charge in [0.15, 0.2) is 0 Å². The summed E-state index contributed by atoms with van der Waals surface area (Å²) in [6, 6.07) is 6.50. The fourth-order valence-electron chi connectivity index (χ4n) is 0.801. The Morgan fingerprint density at radius 3 is 2.00 bits per heavy atom. The van der Waals surface area contributed by atoms with Gasteiger partial charge in [-0.15, -0.1) is 0 Å². The third-order valence-electron chi connectivity index (χ3n) is 1.53. The van der Waals surface area contributed by atoms with Crippen molar-refractivity contribution in [1.82, 2.24) is 0 Å². The van der Waals surface area contributed by atoms with Gasteiger partial charge in [-0.05, 0) is 19.1 Å². The van der Waals surface area contributed by atoms with Gasteiger partial charge in [0, 0.05) is 0 Å². The van der Waals surface area contributed by atoms with Gasteiger partial charge >= 0.3 is 0 Å². The molecule has 0 fully saturated rings. The van der Waals surface area contributed by atoms with Crippen LogP contribution in [0.2, 0.25) is 0 Å². The second kappa shape index (κ2) is 4.39. The van der Waals surface area contributed by atoms with Crippen LogP contribution in [0.3, 0.4) is 0 Å². The summed E-state index contributed by atoms with van der Waals surface area (Å²) in [6.45, 7) is 1.89. The van der Waals surface area contributed by atoms with Crippen LogP contribution in [-0.4, -0.2) is 15.5 Å². The van der Waals surface area contributed by atoms with Gasteiger partial charge < -0.3 is 0 Å². The molecule has 0 unspecified atom stereocenters. The van der Waals surface area contributed by atoms with Gasteiger partial charge in [-0.2, -0.15) is 8.42 Å².